The van der Waals surface area contributed by atoms with Gasteiger partial charge in [-0.2, -0.15) is 0 Å². The molecule has 0 aromatic heterocycles. The molecular formula is C11H14N2O4. The largest absolute Gasteiger partial charge is 0.453 e. The van der Waals surface area contributed by atoms with Crippen molar-refractivity contribution in [2.24, 2.45) is 0 Å². The molecule has 1 aromatic carbocycles. The van der Waals surface area contributed by atoms with Crippen LogP contribution in [0.5, 0.6) is 5.75 Å². The molecule has 0 aliphatic heterocycles. The van der Waals surface area contributed by atoms with E-state index >= 15 is 0 Å². The molecule has 0 bridgehead atoms. The smallest absolute Gasteiger partial charge is 0.414 e. The van der Waals surface area contributed by atoms with Crippen LogP contribution in [0.25, 0.3) is 0 Å². The number of benzene rings is 1. The highest BCUT2D eigenvalue weighted by Gasteiger charge is 2.07. The molecule has 0 heterocycles. The number of methoxy groups -OCH3 is 1. The van der Waals surface area contributed by atoms with Crippen molar-refractivity contribution in [3.05, 3.63) is 24.3 Å². The van der Waals surface area contributed by atoms with Crippen LogP contribution in [0.2, 0.25) is 0 Å². The van der Waals surface area contributed by atoms with Crippen LogP contribution in [0, 0.1) is 0 Å². The van der Waals surface area contributed by atoms with Crippen LogP contribution in [-0.2, 0) is 4.74 Å². The van der Waals surface area contributed by atoms with Crippen molar-refractivity contribution in [1.82, 2.24) is 4.90 Å². The van der Waals surface area contributed by atoms with Crippen LogP contribution in [0.3, 0.4) is 0 Å². The third-order valence-corrected chi connectivity index (χ3v) is 1.84. The van der Waals surface area contributed by atoms with E-state index in [1.807, 2.05) is 0 Å². The lowest BCUT2D eigenvalue weighted by atomic mass is 10.3. The third kappa shape index (κ3) is 4.02. The van der Waals surface area contributed by atoms with Gasteiger partial charge in [0, 0.05) is 25.8 Å². The van der Waals surface area contributed by atoms with Crippen LogP contribution >= 0.6 is 0 Å². The molecule has 0 spiro atoms. The maximum absolute atomic E-state index is 11.3. The van der Waals surface area contributed by atoms with Crippen molar-refractivity contribution in [3.8, 4) is 5.75 Å². The van der Waals surface area contributed by atoms with Crippen molar-refractivity contribution < 1.29 is 19.1 Å². The van der Waals surface area contributed by atoms with Crippen LogP contribution in [0.1, 0.15) is 0 Å². The Hall–Kier alpha value is -2.24. The summed E-state index contributed by atoms with van der Waals surface area (Å²) in [5, 5.41) is 2.47. The van der Waals surface area contributed by atoms with Crippen LogP contribution in [-0.4, -0.2) is 38.3 Å². The van der Waals surface area contributed by atoms with Gasteiger partial charge >= 0.3 is 12.2 Å². The molecular weight excluding hydrogens is 224 g/mol. The number of hydrogen-bond acceptors (Lipinski definition) is 4. The second-order valence-corrected chi connectivity index (χ2v) is 3.41. The quantitative estimate of drug-likeness (QED) is 0.854. The highest BCUT2D eigenvalue weighted by atomic mass is 16.6. The van der Waals surface area contributed by atoms with Crippen LogP contribution in [0.4, 0.5) is 15.3 Å². The highest BCUT2D eigenvalue weighted by Crippen LogP contribution is 2.17. The van der Waals surface area contributed by atoms with E-state index in [0.29, 0.717) is 11.4 Å². The number of amides is 2. The van der Waals surface area contributed by atoms with Crippen molar-refractivity contribution >= 4 is 17.9 Å². The molecule has 0 unspecified atom stereocenters. The minimum Gasteiger partial charge on any atom is -0.453 e. The molecule has 0 saturated carbocycles. The van der Waals surface area contributed by atoms with Gasteiger partial charge in [-0.15, -0.1) is 0 Å². The predicted molar refractivity (Wildman–Crippen MR) is 62.2 cm³/mol. The lowest BCUT2D eigenvalue weighted by Gasteiger charge is -2.11. The molecule has 92 valence electrons. The lowest BCUT2D eigenvalue weighted by Crippen LogP contribution is -2.25. The predicted octanol–water partition coefficient (Wildman–Crippen LogP) is 1.93. The van der Waals surface area contributed by atoms with Gasteiger partial charge in [0.25, 0.3) is 0 Å². The first-order valence-corrected chi connectivity index (χ1v) is 4.87. The molecule has 0 aliphatic carbocycles. The lowest BCUT2D eigenvalue weighted by molar-refractivity contribution is 0.172. The van der Waals surface area contributed by atoms with Crippen molar-refractivity contribution in [3.63, 3.8) is 0 Å². The Bertz CT molecular complexity index is 418. The maximum Gasteiger partial charge on any atom is 0.414 e. The molecule has 0 aliphatic rings. The molecule has 0 atom stereocenters. The Balaban J connectivity index is 2.72. The Kier molecular flexibility index (Phi) is 4.33. The van der Waals surface area contributed by atoms with Crippen molar-refractivity contribution in [2.45, 2.75) is 0 Å². The zero-order valence-electron chi connectivity index (χ0n) is 9.89. The van der Waals surface area contributed by atoms with Crippen LogP contribution in [0.15, 0.2) is 24.3 Å². The fraction of sp³-hybridized carbons (Fsp3) is 0.273. The standard InChI is InChI=1S/C11H14N2O4/c1-13(2)11(15)17-9-6-4-5-8(7-9)12-10(14)16-3/h4-7H,1-3H3,(H,12,14). The summed E-state index contributed by atoms with van der Waals surface area (Å²) in [5.41, 5.74) is 0.487. The van der Waals surface area contributed by atoms with E-state index in [1.165, 1.54) is 18.1 Å². The summed E-state index contributed by atoms with van der Waals surface area (Å²) in [6.07, 6.45) is -1.07. The summed E-state index contributed by atoms with van der Waals surface area (Å²) in [4.78, 5) is 23.6. The van der Waals surface area contributed by atoms with Crippen molar-refractivity contribution in [1.29, 1.82) is 0 Å². The molecule has 0 saturated heterocycles. The van der Waals surface area contributed by atoms with Crippen LogP contribution < -0.4 is 10.1 Å². The number of carbonyl (C=O) groups excluding carboxylic acids is 2. The van der Waals surface area contributed by atoms with Gasteiger partial charge in [-0.05, 0) is 12.1 Å². The van der Waals surface area contributed by atoms with E-state index < -0.39 is 12.2 Å². The zero-order valence-corrected chi connectivity index (χ0v) is 9.89. The number of hydrogen-bond donors (Lipinski definition) is 1. The van der Waals surface area contributed by atoms with Crippen molar-refractivity contribution in [2.75, 3.05) is 26.5 Å². The van der Waals surface area contributed by atoms with Gasteiger partial charge in [-0.25, -0.2) is 9.59 Å². The van der Waals surface area contributed by atoms with Gasteiger partial charge in [0.2, 0.25) is 0 Å². The summed E-state index contributed by atoms with van der Waals surface area (Å²) in [5.74, 6) is 0.345. The average molecular weight is 238 g/mol. The Morgan fingerprint density at radius 2 is 2.00 bits per heavy atom. The van der Waals surface area contributed by atoms with E-state index in [4.69, 9.17) is 4.74 Å². The minimum absolute atomic E-state index is 0.345. The molecule has 0 fully saturated rings. The number of nitrogens with one attached hydrogen (secondary N) is 1. The van der Waals surface area contributed by atoms with E-state index in [9.17, 15) is 9.59 Å². The maximum atomic E-state index is 11.3. The molecule has 6 heteroatoms. The molecule has 1 N–H and O–H groups in total. The summed E-state index contributed by atoms with van der Waals surface area (Å²) in [7, 11) is 4.43. The zero-order chi connectivity index (χ0) is 12.8. The monoisotopic (exact) mass is 238 g/mol. The summed E-state index contributed by atoms with van der Waals surface area (Å²) < 4.78 is 9.47. The number of rotatable bonds is 2. The van der Waals surface area contributed by atoms with Gasteiger partial charge in [-0.3, -0.25) is 5.32 Å². The molecule has 0 radical (unpaired) electrons. The molecule has 17 heavy (non-hydrogen) atoms. The Labute approximate surface area is 99.1 Å². The highest BCUT2D eigenvalue weighted by molar-refractivity contribution is 5.84. The first kappa shape index (κ1) is 12.8. The summed E-state index contributed by atoms with van der Waals surface area (Å²) in [6.45, 7) is 0. The molecule has 6 nitrogen and oxygen atoms in total. The second-order valence-electron chi connectivity index (χ2n) is 3.41. The summed E-state index contributed by atoms with van der Waals surface area (Å²) >= 11 is 0. The van der Waals surface area contributed by atoms with Gasteiger partial charge in [0.05, 0.1) is 7.11 Å². The van der Waals surface area contributed by atoms with Gasteiger partial charge < -0.3 is 14.4 Å². The number of anilines is 1. The molecule has 1 rings (SSSR count). The molecule has 1 aromatic rings. The van der Waals surface area contributed by atoms with Gasteiger partial charge in [0.15, 0.2) is 0 Å². The fourth-order valence-electron chi connectivity index (χ4n) is 0.998. The second kappa shape index (κ2) is 5.74. The number of nitrogens with zero attached hydrogens (tertiary/aromatic N) is 1. The first-order chi connectivity index (χ1) is 8.02. The first-order valence-electron chi connectivity index (χ1n) is 4.87. The SMILES string of the molecule is COC(=O)Nc1cccc(OC(=O)N(C)C)c1. The Morgan fingerprint density at radius 1 is 1.29 bits per heavy atom. The third-order valence-electron chi connectivity index (χ3n) is 1.84. The van der Waals surface area contributed by atoms with Gasteiger partial charge in [0.1, 0.15) is 5.75 Å². The van der Waals surface area contributed by atoms with Gasteiger partial charge in [-0.1, -0.05) is 6.07 Å². The number of carbonyl (C=O) groups is 2. The number of ether oxygens (including phenoxy) is 2. The molecule has 2 amide bonds. The fourth-order valence-corrected chi connectivity index (χ4v) is 0.998. The van der Waals surface area contributed by atoms with E-state index in [2.05, 4.69) is 10.1 Å². The topological polar surface area (TPSA) is 67.9 Å². The van der Waals surface area contributed by atoms with E-state index in [0.717, 1.165) is 0 Å². The average Bonchev–Trinajstić information content (AvgIpc) is 2.29. The van der Waals surface area contributed by atoms with E-state index in [-0.39, 0.29) is 0 Å². The van der Waals surface area contributed by atoms with E-state index in [1.54, 1.807) is 32.3 Å². The Morgan fingerprint density at radius 3 is 2.59 bits per heavy atom. The summed E-state index contributed by atoms with van der Waals surface area (Å²) in [6, 6.07) is 6.45. The normalized spacial score (nSPS) is 9.35. The minimum atomic E-state index is -0.582.